The van der Waals surface area contributed by atoms with Crippen LogP contribution < -0.4 is 10.1 Å². The van der Waals surface area contributed by atoms with E-state index in [0.29, 0.717) is 6.54 Å². The van der Waals surface area contributed by atoms with Gasteiger partial charge in [0, 0.05) is 26.6 Å². The Kier molecular flexibility index (Phi) is 8.08. The minimum atomic E-state index is -0.827. The van der Waals surface area contributed by atoms with Crippen molar-refractivity contribution in [1.29, 1.82) is 0 Å². The molecule has 2 heterocycles. The van der Waals surface area contributed by atoms with Gasteiger partial charge in [-0.05, 0) is 51.7 Å². The van der Waals surface area contributed by atoms with Gasteiger partial charge in [-0.3, -0.25) is 9.59 Å². The van der Waals surface area contributed by atoms with E-state index in [1.807, 2.05) is 66.7 Å². The van der Waals surface area contributed by atoms with Crippen LogP contribution in [0.5, 0.6) is 11.5 Å². The first kappa shape index (κ1) is 29.0. The SMILES string of the molecule is COc1ccc(CNC(=O)N2[C@H]3CN(Cc4cccc5ccccc45)C(=O)[C@H](Cc4ccc(O)cc4)N3C(=O)CN2C)cc1. The van der Waals surface area contributed by atoms with Crippen LogP contribution >= 0.6 is 0 Å². The number of piperazine rings is 1. The minimum Gasteiger partial charge on any atom is -0.508 e. The number of phenolic OH excluding ortho intramolecular Hbond substituents is 1. The van der Waals surface area contributed by atoms with Crippen molar-refractivity contribution in [3.63, 3.8) is 0 Å². The number of urea groups is 1. The van der Waals surface area contributed by atoms with Crippen molar-refractivity contribution in [1.82, 2.24) is 25.1 Å². The Morgan fingerprint density at radius 2 is 1.64 bits per heavy atom. The number of hydrogen-bond donors (Lipinski definition) is 2. The van der Waals surface area contributed by atoms with Gasteiger partial charge in [-0.2, -0.15) is 0 Å². The highest BCUT2D eigenvalue weighted by Crippen LogP contribution is 2.30. The summed E-state index contributed by atoms with van der Waals surface area (Å²) in [5.74, 6) is 0.440. The third kappa shape index (κ3) is 5.76. The summed E-state index contributed by atoms with van der Waals surface area (Å²) in [7, 11) is 3.31. The number of hydrogen-bond acceptors (Lipinski definition) is 6. The largest absolute Gasteiger partial charge is 0.508 e. The number of phenols is 1. The number of carbonyl (C=O) groups is 3. The van der Waals surface area contributed by atoms with E-state index in [-0.39, 0.29) is 49.7 Å². The molecule has 44 heavy (non-hydrogen) atoms. The highest BCUT2D eigenvalue weighted by molar-refractivity contribution is 5.92. The van der Waals surface area contributed by atoms with Gasteiger partial charge >= 0.3 is 6.03 Å². The quantitative estimate of drug-likeness (QED) is 0.338. The first-order chi connectivity index (χ1) is 21.3. The summed E-state index contributed by atoms with van der Waals surface area (Å²) in [4.78, 5) is 44.9. The van der Waals surface area contributed by atoms with E-state index in [2.05, 4.69) is 5.32 Å². The summed E-state index contributed by atoms with van der Waals surface area (Å²) in [5, 5.41) is 18.1. The number of benzene rings is 4. The van der Waals surface area contributed by atoms with Crippen molar-refractivity contribution >= 4 is 28.6 Å². The van der Waals surface area contributed by atoms with E-state index in [1.165, 1.54) is 0 Å². The number of nitrogens with one attached hydrogen (secondary N) is 1. The number of methoxy groups -OCH3 is 1. The zero-order valence-electron chi connectivity index (χ0n) is 24.7. The summed E-state index contributed by atoms with van der Waals surface area (Å²) in [6.07, 6.45) is -0.467. The maximum absolute atomic E-state index is 14.2. The van der Waals surface area contributed by atoms with Gasteiger partial charge in [0.05, 0.1) is 20.2 Å². The number of likely N-dealkylation sites (N-methyl/N-ethyl adjacent to an activating group) is 1. The number of hydrazine groups is 1. The van der Waals surface area contributed by atoms with E-state index in [4.69, 9.17) is 4.74 Å². The molecule has 0 aliphatic carbocycles. The molecule has 226 valence electrons. The van der Waals surface area contributed by atoms with Crippen LogP contribution in [-0.2, 0) is 29.1 Å². The predicted molar refractivity (Wildman–Crippen MR) is 165 cm³/mol. The van der Waals surface area contributed by atoms with Crippen LogP contribution in [0.2, 0.25) is 0 Å². The average molecular weight is 594 g/mol. The zero-order valence-corrected chi connectivity index (χ0v) is 24.7. The van der Waals surface area contributed by atoms with Crippen LogP contribution in [0.25, 0.3) is 10.8 Å². The average Bonchev–Trinajstić information content (AvgIpc) is 3.03. The fourth-order valence-electron chi connectivity index (χ4n) is 6.14. The normalized spacial score (nSPS) is 18.8. The van der Waals surface area contributed by atoms with Crippen LogP contribution in [0, 0.1) is 0 Å². The molecule has 0 saturated carbocycles. The van der Waals surface area contributed by atoms with Crippen LogP contribution in [0.15, 0.2) is 91.0 Å². The third-order valence-corrected chi connectivity index (χ3v) is 8.36. The number of amides is 4. The Morgan fingerprint density at radius 1 is 0.932 bits per heavy atom. The topological polar surface area (TPSA) is 106 Å². The first-order valence-electron chi connectivity index (χ1n) is 14.6. The molecule has 2 atom stereocenters. The molecule has 4 aromatic rings. The van der Waals surface area contributed by atoms with Crippen LogP contribution in [0.3, 0.4) is 0 Å². The molecule has 0 spiro atoms. The second-order valence-electron chi connectivity index (χ2n) is 11.2. The Balaban J connectivity index is 1.32. The summed E-state index contributed by atoms with van der Waals surface area (Å²) >= 11 is 0. The van der Waals surface area contributed by atoms with Gasteiger partial charge in [0.1, 0.15) is 23.7 Å². The highest BCUT2D eigenvalue weighted by Gasteiger charge is 2.50. The summed E-state index contributed by atoms with van der Waals surface area (Å²) < 4.78 is 5.23. The molecule has 0 bridgehead atoms. The number of nitrogens with zero attached hydrogens (tertiary/aromatic N) is 4. The molecule has 4 amide bonds. The smallest absolute Gasteiger partial charge is 0.334 e. The van der Waals surface area contributed by atoms with Crippen molar-refractivity contribution in [3.05, 3.63) is 108 Å². The number of rotatable bonds is 7. The van der Waals surface area contributed by atoms with Gasteiger partial charge in [-0.1, -0.05) is 66.7 Å². The Bertz CT molecular complexity index is 1670. The van der Waals surface area contributed by atoms with E-state index in [1.54, 1.807) is 58.2 Å². The molecule has 10 nitrogen and oxygen atoms in total. The lowest BCUT2D eigenvalue weighted by molar-refractivity contribution is -0.187. The molecule has 4 aromatic carbocycles. The molecule has 10 heteroatoms. The van der Waals surface area contributed by atoms with Crippen LogP contribution in [0.4, 0.5) is 4.79 Å². The number of ether oxygens (including phenoxy) is 1. The van der Waals surface area contributed by atoms with Gasteiger partial charge < -0.3 is 25.0 Å². The minimum absolute atomic E-state index is 0.0465. The van der Waals surface area contributed by atoms with Crippen LogP contribution in [-0.4, -0.2) is 82.2 Å². The van der Waals surface area contributed by atoms with E-state index < -0.39 is 12.2 Å². The van der Waals surface area contributed by atoms with Crippen LogP contribution in [0.1, 0.15) is 16.7 Å². The molecule has 0 aromatic heterocycles. The third-order valence-electron chi connectivity index (χ3n) is 8.36. The number of aromatic hydroxyl groups is 1. The highest BCUT2D eigenvalue weighted by atomic mass is 16.5. The fraction of sp³-hybridized carbons (Fsp3) is 0.265. The fourth-order valence-corrected chi connectivity index (χ4v) is 6.14. The van der Waals surface area contributed by atoms with Gasteiger partial charge in [0.15, 0.2) is 0 Å². The number of carbonyl (C=O) groups excluding carboxylic acids is 3. The summed E-state index contributed by atoms with van der Waals surface area (Å²) in [6.45, 7) is 0.717. The monoisotopic (exact) mass is 593 g/mol. The lowest BCUT2D eigenvalue weighted by atomic mass is 9.97. The molecule has 2 saturated heterocycles. The molecule has 2 aliphatic heterocycles. The van der Waals surface area contributed by atoms with Crippen molar-refractivity contribution in [2.75, 3.05) is 27.2 Å². The molecule has 6 rings (SSSR count). The Morgan fingerprint density at radius 3 is 2.39 bits per heavy atom. The lowest BCUT2D eigenvalue weighted by Crippen LogP contribution is -2.76. The Hall–Kier alpha value is -5.09. The van der Waals surface area contributed by atoms with Crippen molar-refractivity contribution < 1.29 is 24.2 Å². The van der Waals surface area contributed by atoms with Gasteiger partial charge in [0.2, 0.25) is 11.8 Å². The molecular formula is C34H35N5O5. The Labute approximate surface area is 256 Å². The first-order valence-corrected chi connectivity index (χ1v) is 14.6. The standard InChI is InChI=1S/C34H35N5O5/c1-36-22-32(41)38-30(18-23-10-14-27(40)15-11-23)33(42)37(20-26-8-5-7-25-6-3-4-9-29(25)26)21-31(38)39(36)34(43)35-19-24-12-16-28(44-2)17-13-24/h3-17,30-31,40H,18-22H2,1-2H3,(H,35,43)/t30-,31-/m0/s1. The summed E-state index contributed by atoms with van der Waals surface area (Å²) in [5.41, 5.74) is 2.68. The maximum Gasteiger partial charge on any atom is 0.334 e. The zero-order chi connectivity index (χ0) is 30.8. The second-order valence-corrected chi connectivity index (χ2v) is 11.2. The molecule has 0 unspecified atom stereocenters. The van der Waals surface area contributed by atoms with Gasteiger partial charge in [-0.15, -0.1) is 0 Å². The van der Waals surface area contributed by atoms with Crippen molar-refractivity contribution in [2.24, 2.45) is 0 Å². The predicted octanol–water partition coefficient (Wildman–Crippen LogP) is 3.73. The molecule has 2 fully saturated rings. The second kappa shape index (κ2) is 12.3. The maximum atomic E-state index is 14.2. The number of fused-ring (bicyclic) bond motifs is 2. The van der Waals surface area contributed by atoms with E-state index in [9.17, 15) is 19.5 Å². The van der Waals surface area contributed by atoms with Crippen molar-refractivity contribution in [2.45, 2.75) is 31.7 Å². The van der Waals surface area contributed by atoms with Gasteiger partial charge in [0.25, 0.3) is 0 Å². The lowest BCUT2D eigenvalue weighted by Gasteiger charge is -2.54. The molecule has 2 N–H and O–H groups in total. The van der Waals surface area contributed by atoms with E-state index >= 15 is 0 Å². The van der Waals surface area contributed by atoms with Crippen molar-refractivity contribution in [3.8, 4) is 11.5 Å². The van der Waals surface area contributed by atoms with E-state index in [0.717, 1.165) is 33.2 Å². The molecule has 2 aliphatic rings. The molecular weight excluding hydrogens is 558 g/mol. The molecule has 0 radical (unpaired) electrons. The van der Waals surface area contributed by atoms with Gasteiger partial charge in [-0.25, -0.2) is 14.8 Å². The summed E-state index contributed by atoms with van der Waals surface area (Å²) in [6, 6.07) is 26.9.